The molecule has 2 atom stereocenters. The van der Waals surface area contributed by atoms with E-state index in [1.807, 2.05) is 18.3 Å². The summed E-state index contributed by atoms with van der Waals surface area (Å²) in [6.07, 6.45) is 4.40. The lowest BCUT2D eigenvalue weighted by atomic mass is 9.80. The Labute approximate surface area is 200 Å². The van der Waals surface area contributed by atoms with Crippen molar-refractivity contribution in [1.29, 1.82) is 0 Å². The molecule has 2 aliphatic heterocycles. The van der Waals surface area contributed by atoms with Crippen LogP contribution >= 0.6 is 23.2 Å². The van der Waals surface area contributed by atoms with Crippen molar-refractivity contribution in [3.63, 3.8) is 0 Å². The van der Waals surface area contributed by atoms with Crippen molar-refractivity contribution in [3.8, 4) is 5.88 Å². The summed E-state index contributed by atoms with van der Waals surface area (Å²) < 4.78 is 5.50. The normalized spacial score (nSPS) is 20.7. The molecule has 4 rings (SSSR count). The maximum absolute atomic E-state index is 9.25. The van der Waals surface area contributed by atoms with Crippen molar-refractivity contribution in [1.82, 2.24) is 9.88 Å². The fourth-order valence-electron chi connectivity index (χ4n) is 4.89. The molecule has 3 heterocycles. The Balaban J connectivity index is 1.41. The highest BCUT2D eigenvalue weighted by atomic mass is 35.5. The Morgan fingerprint density at radius 2 is 2.03 bits per heavy atom. The molecule has 2 aliphatic rings. The van der Waals surface area contributed by atoms with Crippen LogP contribution in [0.3, 0.4) is 0 Å². The molecule has 2 fully saturated rings. The molecule has 32 heavy (non-hydrogen) atoms. The van der Waals surface area contributed by atoms with Crippen LogP contribution < -0.4 is 15.0 Å². The Morgan fingerprint density at radius 3 is 2.75 bits per heavy atom. The average Bonchev–Trinajstić information content (AvgIpc) is 2.73. The number of pyridine rings is 1. The van der Waals surface area contributed by atoms with Gasteiger partial charge in [0, 0.05) is 36.2 Å². The minimum atomic E-state index is -0.0328. The lowest BCUT2D eigenvalue weighted by molar-refractivity contribution is 0.102. The third kappa shape index (κ3) is 5.25. The zero-order valence-corrected chi connectivity index (χ0v) is 20.2. The van der Waals surface area contributed by atoms with E-state index in [1.165, 1.54) is 12.8 Å². The van der Waals surface area contributed by atoms with E-state index < -0.39 is 0 Å². The number of hydrogen-bond donors (Lipinski definition) is 2. The number of aromatic nitrogens is 1. The molecular formula is C24H32Cl2N4O2. The van der Waals surface area contributed by atoms with E-state index in [4.69, 9.17) is 27.9 Å². The van der Waals surface area contributed by atoms with Crippen LogP contribution in [0.2, 0.25) is 10.0 Å². The summed E-state index contributed by atoms with van der Waals surface area (Å²) in [5.74, 6) is 1.97. The molecule has 1 aromatic carbocycles. The fourth-order valence-corrected chi connectivity index (χ4v) is 5.46. The van der Waals surface area contributed by atoms with E-state index in [1.54, 1.807) is 13.2 Å². The molecule has 0 spiro atoms. The summed E-state index contributed by atoms with van der Waals surface area (Å²) in [4.78, 5) is 9.32. The van der Waals surface area contributed by atoms with E-state index in [0.717, 1.165) is 49.7 Å². The standard InChI is InChI=1S/C24H32Cl2N4O2/c1-16(21-6-5-19(25)10-22(21)26)28-23-11-20(12-27-24(23)32-2)30-14-18(15-30)17-4-3-7-29(13-17)8-9-31/h5-6,10-12,16-18,28,31H,3-4,7-9,13-15H2,1-2H3. The topological polar surface area (TPSA) is 60.9 Å². The number of nitrogens with zero attached hydrogens (tertiary/aromatic N) is 3. The van der Waals surface area contributed by atoms with Gasteiger partial charge in [-0.3, -0.25) is 0 Å². The van der Waals surface area contributed by atoms with Crippen LogP contribution in [0, 0.1) is 11.8 Å². The van der Waals surface area contributed by atoms with E-state index in [2.05, 4.69) is 33.1 Å². The molecule has 0 bridgehead atoms. The summed E-state index contributed by atoms with van der Waals surface area (Å²) in [5, 5.41) is 14.0. The molecule has 2 aromatic rings. The number of piperidine rings is 1. The van der Waals surface area contributed by atoms with Gasteiger partial charge in [0.1, 0.15) is 0 Å². The lowest BCUT2D eigenvalue weighted by Crippen LogP contribution is -2.53. The van der Waals surface area contributed by atoms with Gasteiger partial charge < -0.3 is 25.0 Å². The number of anilines is 2. The van der Waals surface area contributed by atoms with Crippen molar-refractivity contribution in [2.24, 2.45) is 11.8 Å². The number of methoxy groups -OCH3 is 1. The van der Waals surface area contributed by atoms with Crippen LogP contribution in [0.15, 0.2) is 30.5 Å². The number of β-amino-alcohol motifs (C(OH)–C–C–N with tert-alkyl or cyclic N) is 1. The van der Waals surface area contributed by atoms with Gasteiger partial charge in [-0.2, -0.15) is 0 Å². The third-order valence-corrected chi connectivity index (χ3v) is 7.29. The predicted octanol–water partition coefficient (Wildman–Crippen LogP) is 4.71. The second-order valence-corrected chi connectivity index (χ2v) is 9.72. The van der Waals surface area contributed by atoms with E-state index in [0.29, 0.717) is 27.8 Å². The Bertz CT molecular complexity index is 921. The quantitative estimate of drug-likeness (QED) is 0.572. The largest absolute Gasteiger partial charge is 0.480 e. The number of hydrogen-bond acceptors (Lipinski definition) is 6. The summed E-state index contributed by atoms with van der Waals surface area (Å²) in [5.41, 5.74) is 2.91. The molecule has 2 saturated heterocycles. The van der Waals surface area contributed by atoms with Crippen LogP contribution in [0.4, 0.5) is 11.4 Å². The molecule has 6 nitrogen and oxygen atoms in total. The molecule has 0 radical (unpaired) electrons. The summed E-state index contributed by atoms with van der Waals surface area (Å²) in [7, 11) is 1.63. The van der Waals surface area contributed by atoms with Crippen LogP contribution in [0.25, 0.3) is 0 Å². The third-order valence-electron chi connectivity index (χ3n) is 6.73. The van der Waals surface area contributed by atoms with Crippen molar-refractivity contribution < 1.29 is 9.84 Å². The smallest absolute Gasteiger partial charge is 0.237 e. The second kappa shape index (κ2) is 10.5. The summed E-state index contributed by atoms with van der Waals surface area (Å²) in [6.45, 7) is 7.40. The highest BCUT2D eigenvalue weighted by Gasteiger charge is 2.36. The number of aliphatic hydroxyl groups excluding tert-OH is 1. The van der Waals surface area contributed by atoms with E-state index in [-0.39, 0.29) is 12.6 Å². The van der Waals surface area contributed by atoms with Gasteiger partial charge in [-0.1, -0.05) is 29.3 Å². The van der Waals surface area contributed by atoms with Gasteiger partial charge in [0.05, 0.1) is 37.3 Å². The molecular weight excluding hydrogens is 447 g/mol. The zero-order valence-electron chi connectivity index (χ0n) is 18.7. The van der Waals surface area contributed by atoms with Gasteiger partial charge in [0.25, 0.3) is 0 Å². The molecule has 2 unspecified atom stereocenters. The molecule has 1 aromatic heterocycles. The highest BCUT2D eigenvalue weighted by Crippen LogP contribution is 2.37. The monoisotopic (exact) mass is 478 g/mol. The van der Waals surface area contributed by atoms with E-state index in [9.17, 15) is 5.11 Å². The molecule has 0 saturated carbocycles. The van der Waals surface area contributed by atoms with Crippen molar-refractivity contribution in [3.05, 3.63) is 46.1 Å². The molecule has 0 amide bonds. The fraction of sp³-hybridized carbons (Fsp3) is 0.542. The number of rotatable bonds is 8. The summed E-state index contributed by atoms with van der Waals surface area (Å²) >= 11 is 12.4. The van der Waals surface area contributed by atoms with Gasteiger partial charge >= 0.3 is 0 Å². The molecule has 174 valence electrons. The molecule has 0 aliphatic carbocycles. The first-order chi connectivity index (χ1) is 15.5. The maximum Gasteiger partial charge on any atom is 0.237 e. The van der Waals surface area contributed by atoms with Gasteiger partial charge in [0.2, 0.25) is 5.88 Å². The number of likely N-dealkylation sites (tertiary alicyclic amines) is 1. The average molecular weight is 479 g/mol. The number of benzene rings is 1. The lowest BCUT2D eigenvalue weighted by Gasteiger charge is -2.47. The Hall–Kier alpha value is -1.73. The second-order valence-electron chi connectivity index (χ2n) is 8.87. The first-order valence-corrected chi connectivity index (χ1v) is 12.1. The van der Waals surface area contributed by atoms with Gasteiger partial charge in [-0.15, -0.1) is 0 Å². The summed E-state index contributed by atoms with van der Waals surface area (Å²) in [6, 6.07) is 7.63. The predicted molar refractivity (Wildman–Crippen MR) is 131 cm³/mol. The minimum Gasteiger partial charge on any atom is -0.480 e. The number of ether oxygens (including phenoxy) is 1. The van der Waals surface area contributed by atoms with Crippen molar-refractivity contribution in [2.45, 2.75) is 25.8 Å². The SMILES string of the molecule is COc1ncc(N2CC(C3CCCN(CCO)C3)C2)cc1NC(C)c1ccc(Cl)cc1Cl. The Kier molecular flexibility index (Phi) is 7.66. The number of halogens is 2. The molecule has 2 N–H and O–H groups in total. The van der Waals surface area contributed by atoms with Gasteiger partial charge in [-0.05, 0) is 61.9 Å². The van der Waals surface area contributed by atoms with E-state index >= 15 is 0 Å². The van der Waals surface area contributed by atoms with Crippen LogP contribution in [-0.2, 0) is 0 Å². The van der Waals surface area contributed by atoms with Crippen LogP contribution in [0.5, 0.6) is 5.88 Å². The first kappa shape index (κ1) is 23.4. The first-order valence-electron chi connectivity index (χ1n) is 11.3. The van der Waals surface area contributed by atoms with Crippen molar-refractivity contribution in [2.75, 3.05) is 56.7 Å². The number of nitrogens with one attached hydrogen (secondary N) is 1. The zero-order chi connectivity index (χ0) is 22.7. The van der Waals surface area contributed by atoms with Crippen molar-refractivity contribution >= 4 is 34.6 Å². The number of aliphatic hydroxyl groups is 1. The maximum atomic E-state index is 9.25. The Morgan fingerprint density at radius 1 is 1.22 bits per heavy atom. The molecule has 8 heteroatoms. The highest BCUT2D eigenvalue weighted by molar-refractivity contribution is 6.35. The van der Waals surface area contributed by atoms with Crippen LogP contribution in [-0.4, -0.2) is 61.4 Å². The van der Waals surface area contributed by atoms with Crippen LogP contribution in [0.1, 0.15) is 31.4 Å². The van der Waals surface area contributed by atoms with Gasteiger partial charge in [0.15, 0.2) is 0 Å². The minimum absolute atomic E-state index is 0.0328. The van der Waals surface area contributed by atoms with Gasteiger partial charge in [-0.25, -0.2) is 4.98 Å².